The van der Waals surface area contributed by atoms with Crippen molar-refractivity contribution in [1.29, 1.82) is 0 Å². The maximum Gasteiger partial charge on any atom is 0.416 e. The Morgan fingerprint density at radius 2 is 1.81 bits per heavy atom. The molecule has 0 aliphatic carbocycles. The van der Waals surface area contributed by atoms with Crippen molar-refractivity contribution >= 4 is 17.1 Å². The summed E-state index contributed by atoms with van der Waals surface area (Å²) in [6.45, 7) is 3.79. The van der Waals surface area contributed by atoms with Gasteiger partial charge in [-0.05, 0) is 23.8 Å². The Hall–Kier alpha value is -3.10. The van der Waals surface area contributed by atoms with E-state index in [4.69, 9.17) is 5.73 Å². The number of nitrogens with zero attached hydrogens (tertiary/aromatic N) is 2. The number of nitro benzene ring substituents is 1. The summed E-state index contributed by atoms with van der Waals surface area (Å²) in [5, 5.41) is 10.8. The van der Waals surface area contributed by atoms with Gasteiger partial charge in [0, 0.05) is 19.2 Å². The van der Waals surface area contributed by atoms with Crippen molar-refractivity contribution in [1.82, 2.24) is 0 Å². The second kappa shape index (κ2) is 7.42. The quantitative estimate of drug-likeness (QED) is 0.267. The lowest BCUT2D eigenvalue weighted by Gasteiger charge is -2.24. The normalized spacial score (nSPS) is 11.2. The van der Waals surface area contributed by atoms with Crippen molar-refractivity contribution in [3.8, 4) is 0 Å². The van der Waals surface area contributed by atoms with Gasteiger partial charge in [0.1, 0.15) is 5.69 Å². The largest absolute Gasteiger partial charge is 0.416 e. The van der Waals surface area contributed by atoms with Crippen LogP contribution in [0.4, 0.5) is 34.6 Å². The molecule has 0 heterocycles. The first kappa shape index (κ1) is 19.2. The lowest BCUT2D eigenvalue weighted by atomic mass is 10.1. The second-order valence-electron chi connectivity index (χ2n) is 5.45. The van der Waals surface area contributed by atoms with Gasteiger partial charge in [-0.3, -0.25) is 10.1 Å². The molecule has 0 unspecified atom stereocenters. The zero-order valence-electron chi connectivity index (χ0n) is 13.5. The van der Waals surface area contributed by atoms with Crippen LogP contribution < -0.4 is 10.6 Å². The fraction of sp³-hybridized carbons (Fsp3) is 0.176. The van der Waals surface area contributed by atoms with Gasteiger partial charge in [-0.25, -0.2) is 4.39 Å². The molecule has 0 spiro atoms. The molecular formula is C17H15F4N3O2. The number of alkyl halides is 3. The van der Waals surface area contributed by atoms with Crippen LogP contribution in [0.3, 0.4) is 0 Å². The Bertz CT molecular complexity index is 820. The van der Waals surface area contributed by atoms with Gasteiger partial charge in [-0.2, -0.15) is 13.2 Å². The van der Waals surface area contributed by atoms with E-state index >= 15 is 0 Å². The van der Waals surface area contributed by atoms with Crippen molar-refractivity contribution in [2.45, 2.75) is 12.7 Å². The first-order chi connectivity index (χ1) is 12.1. The highest BCUT2D eigenvalue weighted by atomic mass is 19.4. The summed E-state index contributed by atoms with van der Waals surface area (Å²) in [5.74, 6) is -0.965. The molecule has 2 N–H and O–H groups in total. The van der Waals surface area contributed by atoms with E-state index in [9.17, 15) is 27.7 Å². The molecule has 0 amide bonds. The number of nitro groups is 1. The summed E-state index contributed by atoms with van der Waals surface area (Å²) in [7, 11) is 0. The van der Waals surface area contributed by atoms with Crippen LogP contribution in [0.2, 0.25) is 0 Å². The molecule has 0 bridgehead atoms. The van der Waals surface area contributed by atoms with Crippen LogP contribution in [-0.2, 0) is 12.7 Å². The summed E-state index contributed by atoms with van der Waals surface area (Å²) in [6.07, 6.45) is -2.97. The Labute approximate surface area is 146 Å². The molecular weight excluding hydrogens is 354 g/mol. The topological polar surface area (TPSA) is 72.4 Å². The van der Waals surface area contributed by atoms with Gasteiger partial charge in [0.25, 0.3) is 5.69 Å². The summed E-state index contributed by atoms with van der Waals surface area (Å²) < 4.78 is 52.3. The zero-order chi connectivity index (χ0) is 19.5. The predicted octanol–water partition coefficient (Wildman–Crippen LogP) is 4.53. The van der Waals surface area contributed by atoms with Crippen molar-refractivity contribution < 1.29 is 22.5 Å². The molecule has 0 aromatic heterocycles. The molecule has 0 fully saturated rings. The molecule has 26 heavy (non-hydrogen) atoms. The number of hydrogen-bond donors (Lipinski definition) is 1. The van der Waals surface area contributed by atoms with E-state index in [2.05, 4.69) is 6.58 Å². The first-order valence-corrected chi connectivity index (χ1v) is 7.39. The van der Waals surface area contributed by atoms with Crippen LogP contribution in [0.1, 0.15) is 11.1 Å². The SMILES string of the molecule is C=CCN(Cc1ccc(C(F)(F)F)cc1)c1ccc([N+](=O)[O-])c(N)c1F. The Balaban J connectivity index is 2.34. The smallest absolute Gasteiger partial charge is 0.391 e. The van der Waals surface area contributed by atoms with Gasteiger partial charge in [0.15, 0.2) is 5.82 Å². The summed E-state index contributed by atoms with van der Waals surface area (Å²) in [4.78, 5) is 11.5. The molecule has 2 rings (SSSR count). The highest BCUT2D eigenvalue weighted by Crippen LogP contribution is 2.33. The average molecular weight is 369 g/mol. The number of halogens is 4. The Kier molecular flexibility index (Phi) is 5.49. The van der Waals surface area contributed by atoms with Gasteiger partial charge in [-0.15, -0.1) is 6.58 Å². The lowest BCUT2D eigenvalue weighted by Crippen LogP contribution is -2.24. The van der Waals surface area contributed by atoms with Crippen LogP contribution in [0.15, 0.2) is 49.1 Å². The van der Waals surface area contributed by atoms with Crippen LogP contribution in [0.5, 0.6) is 0 Å². The van der Waals surface area contributed by atoms with E-state index < -0.39 is 33.9 Å². The Morgan fingerprint density at radius 3 is 2.31 bits per heavy atom. The third-order valence-corrected chi connectivity index (χ3v) is 3.68. The van der Waals surface area contributed by atoms with Gasteiger partial charge in [-0.1, -0.05) is 18.2 Å². The minimum Gasteiger partial charge on any atom is -0.391 e. The monoisotopic (exact) mass is 369 g/mol. The summed E-state index contributed by atoms with van der Waals surface area (Å²) in [5.41, 5.74) is 4.03. The van der Waals surface area contributed by atoms with E-state index in [-0.39, 0.29) is 18.8 Å². The van der Waals surface area contributed by atoms with Crippen LogP contribution in [0, 0.1) is 15.9 Å². The molecule has 2 aromatic carbocycles. The van der Waals surface area contributed by atoms with Gasteiger partial charge in [0.2, 0.25) is 0 Å². The molecule has 9 heteroatoms. The molecule has 0 saturated carbocycles. The highest BCUT2D eigenvalue weighted by Gasteiger charge is 2.30. The maximum atomic E-state index is 14.5. The number of nitrogen functional groups attached to an aromatic ring is 1. The lowest BCUT2D eigenvalue weighted by molar-refractivity contribution is -0.384. The van der Waals surface area contributed by atoms with Crippen LogP contribution in [-0.4, -0.2) is 11.5 Å². The average Bonchev–Trinajstić information content (AvgIpc) is 2.56. The minimum absolute atomic E-state index is 0.00658. The molecule has 0 aliphatic rings. The molecule has 2 aromatic rings. The van der Waals surface area contributed by atoms with E-state index in [0.29, 0.717) is 5.56 Å². The summed E-state index contributed by atoms with van der Waals surface area (Å²) >= 11 is 0. The standard InChI is InChI=1S/C17H15F4N3O2/c1-2-9-23(10-11-3-5-12(6-4-11)17(19,20)21)13-7-8-14(24(25)26)16(22)15(13)18/h2-8H,1,9-10,22H2. The molecule has 0 radical (unpaired) electrons. The van der Waals surface area contributed by atoms with Crippen LogP contribution in [0.25, 0.3) is 0 Å². The fourth-order valence-electron chi connectivity index (χ4n) is 2.40. The number of hydrogen-bond acceptors (Lipinski definition) is 4. The number of anilines is 2. The van der Waals surface area contributed by atoms with Crippen molar-refractivity contribution in [2.75, 3.05) is 17.2 Å². The zero-order valence-corrected chi connectivity index (χ0v) is 13.5. The highest BCUT2D eigenvalue weighted by molar-refractivity contribution is 5.68. The molecule has 138 valence electrons. The molecule has 0 atom stereocenters. The van der Waals surface area contributed by atoms with E-state index in [1.54, 1.807) is 0 Å². The minimum atomic E-state index is -4.45. The molecule has 0 saturated heterocycles. The van der Waals surface area contributed by atoms with Gasteiger partial charge >= 0.3 is 6.18 Å². The summed E-state index contributed by atoms with van der Waals surface area (Å²) in [6, 6.07) is 6.72. The van der Waals surface area contributed by atoms with Crippen LogP contribution >= 0.6 is 0 Å². The third kappa shape index (κ3) is 4.11. The molecule has 0 aliphatic heterocycles. The number of rotatable bonds is 6. The third-order valence-electron chi connectivity index (χ3n) is 3.68. The van der Waals surface area contributed by atoms with E-state index in [1.165, 1.54) is 29.2 Å². The van der Waals surface area contributed by atoms with Gasteiger partial charge in [0.05, 0.1) is 16.2 Å². The molecule has 5 nitrogen and oxygen atoms in total. The second-order valence-corrected chi connectivity index (χ2v) is 5.45. The van der Waals surface area contributed by atoms with E-state index in [1.807, 2.05) is 0 Å². The Morgan fingerprint density at radius 1 is 1.19 bits per heavy atom. The van der Waals surface area contributed by atoms with Crippen molar-refractivity contribution in [2.24, 2.45) is 0 Å². The number of nitrogens with two attached hydrogens (primary N) is 1. The fourth-order valence-corrected chi connectivity index (χ4v) is 2.40. The predicted molar refractivity (Wildman–Crippen MR) is 90.2 cm³/mol. The first-order valence-electron chi connectivity index (χ1n) is 7.39. The number of benzene rings is 2. The van der Waals surface area contributed by atoms with Crippen molar-refractivity contribution in [3.63, 3.8) is 0 Å². The van der Waals surface area contributed by atoms with E-state index in [0.717, 1.165) is 18.2 Å². The maximum absolute atomic E-state index is 14.5. The van der Waals surface area contributed by atoms with Crippen molar-refractivity contribution in [3.05, 3.63) is 76.1 Å². The van der Waals surface area contributed by atoms with Gasteiger partial charge < -0.3 is 10.6 Å².